The summed E-state index contributed by atoms with van der Waals surface area (Å²) in [6.07, 6.45) is 4.23. The van der Waals surface area contributed by atoms with Crippen LogP contribution in [0, 0.1) is 5.92 Å². The lowest BCUT2D eigenvalue weighted by Crippen LogP contribution is -2.34. The minimum absolute atomic E-state index is 0.267. The normalized spacial score (nSPS) is 26.4. The summed E-state index contributed by atoms with van der Waals surface area (Å²) in [7, 11) is 0. The van der Waals surface area contributed by atoms with Crippen molar-refractivity contribution in [2.75, 3.05) is 32.8 Å². The van der Waals surface area contributed by atoms with Crippen LogP contribution in [0.3, 0.4) is 0 Å². The zero-order valence-corrected chi connectivity index (χ0v) is 10.8. The van der Waals surface area contributed by atoms with Crippen LogP contribution >= 0.6 is 0 Å². The molecule has 0 aliphatic carbocycles. The molecule has 1 N–H and O–H groups in total. The summed E-state index contributed by atoms with van der Waals surface area (Å²) >= 11 is 0. The van der Waals surface area contributed by atoms with Crippen molar-refractivity contribution in [1.29, 1.82) is 0 Å². The molecular formula is C13H24N2O2. The third kappa shape index (κ3) is 3.96. The molecule has 1 atom stereocenters. The molecule has 0 bridgehead atoms. The number of hydrogen-bond donors (Lipinski definition) is 1. The van der Waals surface area contributed by atoms with Gasteiger partial charge in [-0.3, -0.25) is 4.79 Å². The van der Waals surface area contributed by atoms with E-state index in [-0.39, 0.29) is 5.91 Å². The number of nitrogens with one attached hydrogen (secondary N) is 1. The number of amides is 1. The molecule has 17 heavy (non-hydrogen) atoms. The van der Waals surface area contributed by atoms with Gasteiger partial charge in [-0.2, -0.15) is 0 Å². The van der Waals surface area contributed by atoms with Gasteiger partial charge in [0.05, 0.1) is 19.1 Å². The fourth-order valence-electron chi connectivity index (χ4n) is 2.59. The van der Waals surface area contributed by atoms with E-state index >= 15 is 0 Å². The molecule has 0 aromatic rings. The van der Waals surface area contributed by atoms with Gasteiger partial charge in [0.15, 0.2) is 0 Å². The molecule has 1 unspecified atom stereocenters. The Balaban J connectivity index is 1.59. The standard InChI is InChI=1S/C13H24N2O2/c1-11-4-8-15(10-11)13(16)5-9-17-12-2-6-14-7-3-12/h11-12,14H,2-10H2,1H3. The van der Waals surface area contributed by atoms with Crippen LogP contribution in [0.4, 0.5) is 0 Å². The number of carbonyl (C=O) groups is 1. The topological polar surface area (TPSA) is 41.6 Å². The first-order chi connectivity index (χ1) is 8.25. The Morgan fingerprint density at radius 3 is 2.76 bits per heavy atom. The van der Waals surface area contributed by atoms with E-state index in [1.165, 1.54) is 0 Å². The Morgan fingerprint density at radius 2 is 2.12 bits per heavy atom. The molecule has 0 aromatic carbocycles. The summed E-state index contributed by atoms with van der Waals surface area (Å²) < 4.78 is 5.75. The summed E-state index contributed by atoms with van der Waals surface area (Å²) in [6, 6.07) is 0. The highest BCUT2D eigenvalue weighted by atomic mass is 16.5. The number of likely N-dealkylation sites (tertiary alicyclic amines) is 1. The van der Waals surface area contributed by atoms with E-state index in [1.54, 1.807) is 0 Å². The van der Waals surface area contributed by atoms with Gasteiger partial charge < -0.3 is 15.0 Å². The Bertz CT molecular complexity index is 252. The molecule has 0 saturated carbocycles. The summed E-state index contributed by atoms with van der Waals surface area (Å²) in [4.78, 5) is 13.8. The lowest BCUT2D eigenvalue weighted by molar-refractivity contribution is -0.132. The van der Waals surface area contributed by atoms with E-state index in [0.717, 1.165) is 45.4 Å². The largest absolute Gasteiger partial charge is 0.378 e. The predicted octanol–water partition coefficient (Wildman–Crippen LogP) is 1.01. The van der Waals surface area contributed by atoms with Gasteiger partial charge in [0.1, 0.15) is 0 Å². The highest BCUT2D eigenvalue weighted by molar-refractivity contribution is 5.76. The highest BCUT2D eigenvalue weighted by Crippen LogP contribution is 2.16. The molecule has 0 spiro atoms. The van der Waals surface area contributed by atoms with Gasteiger partial charge in [0.2, 0.25) is 5.91 Å². The minimum Gasteiger partial charge on any atom is -0.378 e. The van der Waals surface area contributed by atoms with Crippen LogP contribution in [-0.4, -0.2) is 49.7 Å². The molecular weight excluding hydrogens is 216 g/mol. The van der Waals surface area contributed by atoms with E-state index in [2.05, 4.69) is 12.2 Å². The molecule has 0 radical (unpaired) electrons. The molecule has 2 rings (SSSR count). The third-order valence-corrected chi connectivity index (χ3v) is 3.73. The summed E-state index contributed by atoms with van der Waals surface area (Å²) in [6.45, 7) is 6.76. The van der Waals surface area contributed by atoms with Crippen LogP contribution < -0.4 is 5.32 Å². The summed E-state index contributed by atoms with van der Waals surface area (Å²) in [5, 5.41) is 3.31. The van der Waals surface area contributed by atoms with Crippen LogP contribution in [0.25, 0.3) is 0 Å². The van der Waals surface area contributed by atoms with Crippen LogP contribution in [0.2, 0.25) is 0 Å². The molecule has 4 nitrogen and oxygen atoms in total. The molecule has 2 heterocycles. The molecule has 4 heteroatoms. The number of hydrogen-bond acceptors (Lipinski definition) is 3. The van der Waals surface area contributed by atoms with Crippen LogP contribution in [0.15, 0.2) is 0 Å². The lowest BCUT2D eigenvalue weighted by Gasteiger charge is -2.23. The number of nitrogens with zero attached hydrogens (tertiary/aromatic N) is 1. The first kappa shape index (κ1) is 12.8. The highest BCUT2D eigenvalue weighted by Gasteiger charge is 2.23. The van der Waals surface area contributed by atoms with Crippen LogP contribution in [0.1, 0.15) is 32.6 Å². The van der Waals surface area contributed by atoms with E-state index in [9.17, 15) is 4.79 Å². The summed E-state index contributed by atoms with van der Waals surface area (Å²) in [5.41, 5.74) is 0. The zero-order chi connectivity index (χ0) is 12.1. The second-order valence-corrected chi connectivity index (χ2v) is 5.30. The molecule has 2 saturated heterocycles. The lowest BCUT2D eigenvalue weighted by atomic mass is 10.1. The Morgan fingerprint density at radius 1 is 1.35 bits per heavy atom. The number of ether oxygens (including phenoxy) is 1. The van der Waals surface area contributed by atoms with Gasteiger partial charge in [0, 0.05) is 13.1 Å². The van der Waals surface area contributed by atoms with Crippen LogP contribution in [0.5, 0.6) is 0 Å². The maximum absolute atomic E-state index is 11.9. The summed E-state index contributed by atoms with van der Waals surface area (Å²) in [5.74, 6) is 0.938. The molecule has 2 fully saturated rings. The second kappa shape index (κ2) is 6.36. The molecule has 98 valence electrons. The number of carbonyl (C=O) groups excluding carboxylic acids is 1. The minimum atomic E-state index is 0.267. The van der Waals surface area contributed by atoms with Crippen molar-refractivity contribution in [2.45, 2.75) is 38.7 Å². The number of rotatable bonds is 4. The van der Waals surface area contributed by atoms with E-state index < -0.39 is 0 Å². The third-order valence-electron chi connectivity index (χ3n) is 3.73. The smallest absolute Gasteiger partial charge is 0.224 e. The fourth-order valence-corrected chi connectivity index (χ4v) is 2.59. The van der Waals surface area contributed by atoms with Gasteiger partial charge in [-0.1, -0.05) is 6.92 Å². The van der Waals surface area contributed by atoms with E-state index in [1.807, 2.05) is 4.90 Å². The first-order valence-electron chi connectivity index (χ1n) is 6.86. The van der Waals surface area contributed by atoms with Gasteiger partial charge in [-0.15, -0.1) is 0 Å². The van der Waals surface area contributed by atoms with Crippen LogP contribution in [-0.2, 0) is 9.53 Å². The van der Waals surface area contributed by atoms with Crippen molar-refractivity contribution in [2.24, 2.45) is 5.92 Å². The molecule has 1 amide bonds. The molecule has 2 aliphatic heterocycles. The first-order valence-corrected chi connectivity index (χ1v) is 6.86. The van der Waals surface area contributed by atoms with Crippen molar-refractivity contribution in [1.82, 2.24) is 10.2 Å². The van der Waals surface area contributed by atoms with Gasteiger partial charge in [0.25, 0.3) is 0 Å². The fraction of sp³-hybridized carbons (Fsp3) is 0.923. The van der Waals surface area contributed by atoms with Gasteiger partial charge in [-0.25, -0.2) is 0 Å². The van der Waals surface area contributed by atoms with Gasteiger partial charge >= 0.3 is 0 Å². The Kier molecular flexibility index (Phi) is 4.80. The molecule has 2 aliphatic rings. The molecule has 0 aromatic heterocycles. The maximum Gasteiger partial charge on any atom is 0.224 e. The number of piperidine rings is 1. The van der Waals surface area contributed by atoms with E-state index in [4.69, 9.17) is 4.74 Å². The quantitative estimate of drug-likeness (QED) is 0.797. The maximum atomic E-state index is 11.9. The second-order valence-electron chi connectivity index (χ2n) is 5.30. The van der Waals surface area contributed by atoms with Crippen molar-refractivity contribution in [3.8, 4) is 0 Å². The Labute approximate surface area is 104 Å². The zero-order valence-electron chi connectivity index (χ0n) is 10.8. The van der Waals surface area contributed by atoms with Crippen molar-refractivity contribution >= 4 is 5.91 Å². The van der Waals surface area contributed by atoms with E-state index in [0.29, 0.717) is 25.0 Å². The Hall–Kier alpha value is -0.610. The average molecular weight is 240 g/mol. The van der Waals surface area contributed by atoms with Gasteiger partial charge in [-0.05, 0) is 38.3 Å². The SMILES string of the molecule is CC1CCN(C(=O)CCOC2CCNCC2)C1. The van der Waals surface area contributed by atoms with Crippen molar-refractivity contribution in [3.63, 3.8) is 0 Å². The average Bonchev–Trinajstić information content (AvgIpc) is 2.77. The van der Waals surface area contributed by atoms with Crippen molar-refractivity contribution < 1.29 is 9.53 Å². The predicted molar refractivity (Wildman–Crippen MR) is 66.8 cm³/mol. The van der Waals surface area contributed by atoms with Crippen molar-refractivity contribution in [3.05, 3.63) is 0 Å². The monoisotopic (exact) mass is 240 g/mol.